The van der Waals surface area contributed by atoms with E-state index in [1.54, 1.807) is 0 Å². The van der Waals surface area contributed by atoms with Gasteiger partial charge < -0.3 is 11.1 Å². The van der Waals surface area contributed by atoms with Crippen LogP contribution in [-0.2, 0) is 9.84 Å². The fourth-order valence-corrected chi connectivity index (χ4v) is 2.58. The van der Waals surface area contributed by atoms with Crippen LogP contribution >= 0.6 is 24.0 Å². The lowest BCUT2D eigenvalue weighted by Gasteiger charge is -2.21. The molecule has 1 saturated carbocycles. The minimum atomic E-state index is -3.02. The summed E-state index contributed by atoms with van der Waals surface area (Å²) in [6, 6.07) is 0. The molecule has 7 heteroatoms. The van der Waals surface area contributed by atoms with Crippen molar-refractivity contribution in [2.75, 3.05) is 12.8 Å². The lowest BCUT2D eigenvalue weighted by molar-refractivity contribution is 0.508. The van der Waals surface area contributed by atoms with Crippen molar-refractivity contribution in [3.05, 3.63) is 0 Å². The van der Waals surface area contributed by atoms with Crippen LogP contribution in [0.25, 0.3) is 0 Å². The van der Waals surface area contributed by atoms with Gasteiger partial charge in [0.1, 0.15) is 0 Å². The smallest absolute Gasteiger partial charge is 0.189 e. The minimum absolute atomic E-state index is 0. The molecule has 0 bridgehead atoms. The molecule has 0 heterocycles. The molecule has 1 aliphatic carbocycles. The molecule has 0 radical (unpaired) electrons. The Morgan fingerprint density at radius 2 is 1.88 bits per heavy atom. The van der Waals surface area contributed by atoms with E-state index < -0.39 is 14.6 Å². The van der Waals surface area contributed by atoms with Gasteiger partial charge in [-0.2, -0.15) is 0 Å². The van der Waals surface area contributed by atoms with E-state index in [1.807, 2.05) is 20.8 Å². The van der Waals surface area contributed by atoms with Crippen LogP contribution < -0.4 is 11.1 Å². The van der Waals surface area contributed by atoms with E-state index >= 15 is 0 Å². The Bertz CT molecular complexity index is 394. The summed E-state index contributed by atoms with van der Waals surface area (Å²) in [4.78, 5) is 4.11. The summed E-state index contributed by atoms with van der Waals surface area (Å²) >= 11 is 0. The molecule has 1 rings (SSSR count). The van der Waals surface area contributed by atoms with Crippen LogP contribution in [0.5, 0.6) is 0 Å². The minimum Gasteiger partial charge on any atom is -0.370 e. The molecule has 0 unspecified atom stereocenters. The Hall–Kier alpha value is -0.0500. The summed E-state index contributed by atoms with van der Waals surface area (Å²) in [7, 11) is -3.02. The first-order valence-corrected chi connectivity index (χ1v) is 7.23. The van der Waals surface area contributed by atoms with Gasteiger partial charge in [0.25, 0.3) is 0 Å². The first kappa shape index (κ1) is 16.9. The largest absolute Gasteiger partial charge is 0.370 e. The van der Waals surface area contributed by atoms with Crippen LogP contribution in [0.15, 0.2) is 4.99 Å². The highest BCUT2D eigenvalue weighted by Gasteiger charge is 2.51. The normalized spacial score (nSPS) is 19.4. The summed E-state index contributed by atoms with van der Waals surface area (Å²) in [5.41, 5.74) is 5.52. The Morgan fingerprint density at radius 3 is 2.18 bits per heavy atom. The number of guanidine groups is 1. The van der Waals surface area contributed by atoms with E-state index in [0.29, 0.717) is 18.8 Å². The Labute approximate surface area is 121 Å². The second-order valence-corrected chi connectivity index (χ2v) is 7.94. The number of halogens is 1. The number of nitrogens with zero attached hydrogens (tertiary/aromatic N) is 1. The fraction of sp³-hybridized carbons (Fsp3) is 0.900. The van der Waals surface area contributed by atoms with Gasteiger partial charge in [0.2, 0.25) is 0 Å². The maximum atomic E-state index is 11.5. The molecule has 0 aromatic heterocycles. The number of hydrogen-bond donors (Lipinski definition) is 2. The van der Waals surface area contributed by atoms with Crippen molar-refractivity contribution < 1.29 is 8.42 Å². The molecule has 3 N–H and O–H groups in total. The third kappa shape index (κ3) is 4.99. The van der Waals surface area contributed by atoms with Crippen LogP contribution in [0.2, 0.25) is 0 Å². The van der Waals surface area contributed by atoms with E-state index in [9.17, 15) is 8.42 Å². The molecular weight excluding hydrogens is 353 g/mol. The van der Waals surface area contributed by atoms with E-state index in [2.05, 4.69) is 10.3 Å². The van der Waals surface area contributed by atoms with Gasteiger partial charge in [0, 0.05) is 11.8 Å². The molecule has 0 spiro atoms. The van der Waals surface area contributed by atoms with E-state index in [0.717, 1.165) is 0 Å². The van der Waals surface area contributed by atoms with Crippen molar-refractivity contribution in [2.45, 2.75) is 43.9 Å². The van der Waals surface area contributed by atoms with Gasteiger partial charge in [-0.15, -0.1) is 24.0 Å². The molecule has 0 aromatic carbocycles. The maximum absolute atomic E-state index is 11.5. The number of nitrogens with one attached hydrogen (secondary N) is 1. The van der Waals surface area contributed by atoms with Crippen molar-refractivity contribution in [3.63, 3.8) is 0 Å². The predicted molar refractivity (Wildman–Crippen MR) is 81.6 cm³/mol. The van der Waals surface area contributed by atoms with Crippen LogP contribution in [0.1, 0.15) is 33.6 Å². The summed E-state index contributed by atoms with van der Waals surface area (Å²) in [6.45, 7) is 6.18. The van der Waals surface area contributed by atoms with E-state index in [1.165, 1.54) is 6.26 Å². The van der Waals surface area contributed by atoms with Crippen LogP contribution in [0.3, 0.4) is 0 Å². The van der Waals surface area contributed by atoms with Crippen LogP contribution in [0, 0.1) is 0 Å². The third-order valence-electron chi connectivity index (χ3n) is 2.63. The highest BCUT2D eigenvalue weighted by atomic mass is 127. The monoisotopic (exact) mass is 375 g/mol. The molecule has 0 saturated heterocycles. The molecule has 1 aliphatic rings. The van der Waals surface area contributed by atoms with Crippen molar-refractivity contribution in [3.8, 4) is 0 Å². The van der Waals surface area contributed by atoms with Crippen LogP contribution in [-0.4, -0.2) is 37.5 Å². The van der Waals surface area contributed by atoms with E-state index in [4.69, 9.17) is 5.73 Å². The standard InChI is InChI=1S/C10H21N3O2S.HI/c1-9(2,3)13-8(11)12-7-10(5-6-10)16(4,14)15;/h5-7H2,1-4H3,(H3,11,12,13);1H. The zero-order valence-electron chi connectivity index (χ0n) is 10.8. The predicted octanol–water partition coefficient (Wildman–Crippen LogP) is 0.884. The Kier molecular flexibility index (Phi) is 5.28. The van der Waals surface area contributed by atoms with Gasteiger partial charge in [-0.25, -0.2) is 8.42 Å². The highest BCUT2D eigenvalue weighted by molar-refractivity contribution is 14.0. The lowest BCUT2D eigenvalue weighted by Crippen LogP contribution is -2.45. The lowest BCUT2D eigenvalue weighted by atomic mass is 10.1. The van der Waals surface area contributed by atoms with Gasteiger partial charge in [-0.1, -0.05) is 0 Å². The molecule has 1 fully saturated rings. The summed E-state index contributed by atoms with van der Waals surface area (Å²) in [5, 5.41) is 3.00. The quantitative estimate of drug-likeness (QED) is 0.436. The molecule has 0 atom stereocenters. The number of sulfone groups is 1. The Balaban J connectivity index is 0.00000256. The SMILES string of the molecule is CC(C)(C)NC(N)=NCC1(S(C)(=O)=O)CC1.I. The van der Waals surface area contributed by atoms with Gasteiger partial charge in [0.15, 0.2) is 15.8 Å². The van der Waals surface area contributed by atoms with Gasteiger partial charge in [0.05, 0.1) is 11.3 Å². The van der Waals surface area contributed by atoms with Crippen LogP contribution in [0.4, 0.5) is 0 Å². The van der Waals surface area contributed by atoms with Crippen molar-refractivity contribution in [1.82, 2.24) is 5.32 Å². The number of nitrogens with two attached hydrogens (primary N) is 1. The summed E-state index contributed by atoms with van der Waals surface area (Å²) < 4.78 is 22.3. The fourth-order valence-electron chi connectivity index (χ4n) is 1.44. The van der Waals surface area contributed by atoms with Gasteiger partial charge >= 0.3 is 0 Å². The first-order chi connectivity index (χ1) is 7.06. The second-order valence-electron chi connectivity index (χ2n) is 5.53. The zero-order valence-corrected chi connectivity index (χ0v) is 13.9. The maximum Gasteiger partial charge on any atom is 0.189 e. The third-order valence-corrected chi connectivity index (χ3v) is 4.75. The summed E-state index contributed by atoms with van der Waals surface area (Å²) in [6.07, 6.45) is 2.65. The molecule has 0 aliphatic heterocycles. The average molecular weight is 375 g/mol. The van der Waals surface area contributed by atoms with Gasteiger partial charge in [-0.3, -0.25) is 4.99 Å². The highest BCUT2D eigenvalue weighted by Crippen LogP contribution is 2.43. The molecule has 17 heavy (non-hydrogen) atoms. The molecule has 5 nitrogen and oxygen atoms in total. The number of aliphatic imine (C=N–C) groups is 1. The topological polar surface area (TPSA) is 84.5 Å². The molecule has 0 aromatic rings. The average Bonchev–Trinajstić information content (AvgIpc) is 2.75. The first-order valence-electron chi connectivity index (χ1n) is 5.33. The number of hydrogen-bond acceptors (Lipinski definition) is 3. The second kappa shape index (κ2) is 5.29. The number of rotatable bonds is 3. The van der Waals surface area contributed by atoms with Crippen molar-refractivity contribution in [2.24, 2.45) is 10.7 Å². The zero-order chi connectivity index (χ0) is 12.6. The molecule has 0 amide bonds. The van der Waals surface area contributed by atoms with Crippen molar-refractivity contribution >= 4 is 39.8 Å². The van der Waals surface area contributed by atoms with Crippen molar-refractivity contribution in [1.29, 1.82) is 0 Å². The van der Waals surface area contributed by atoms with Gasteiger partial charge in [-0.05, 0) is 33.6 Å². The molecular formula is C10H22IN3O2S. The Morgan fingerprint density at radius 1 is 1.41 bits per heavy atom. The molecule has 102 valence electrons. The van der Waals surface area contributed by atoms with E-state index in [-0.39, 0.29) is 36.1 Å². The summed E-state index contributed by atoms with van der Waals surface area (Å²) in [5.74, 6) is 0.308.